The summed E-state index contributed by atoms with van der Waals surface area (Å²) in [7, 11) is 9.34. The van der Waals surface area contributed by atoms with Crippen LogP contribution in [0.2, 0.25) is 0 Å². The van der Waals surface area contributed by atoms with Crippen molar-refractivity contribution < 1.29 is 13.3 Å². The molecule has 0 bridgehead atoms. The van der Waals surface area contributed by atoms with Gasteiger partial charge in [0.2, 0.25) is 64.6 Å². The lowest BCUT2D eigenvalue weighted by Crippen LogP contribution is -2.27. The monoisotopic (exact) mass is 2020 g/mol. The number of nitrogens with one attached hydrogen (secondary N) is 8. The average molecular weight is 2020 g/mol. The Morgan fingerprint density at radius 1 is 0.503 bits per heavy atom. The van der Waals surface area contributed by atoms with Crippen LogP contribution >= 0.6 is 68.9 Å². The van der Waals surface area contributed by atoms with E-state index in [4.69, 9.17) is 18.5 Å². The van der Waals surface area contributed by atoms with Gasteiger partial charge in [0.15, 0.2) is 40.6 Å². The van der Waals surface area contributed by atoms with Gasteiger partial charge in [-0.3, -0.25) is 31.0 Å². The summed E-state index contributed by atoms with van der Waals surface area (Å²) < 4.78 is 16.5. The SMILES string of the molecule is CC(C)c1nc(Nc2nncs2)nc(N(C)c2ccccc2)n1.CCN(CCc1ccccc1)c1nncc(Nc2cnco2)n1.CN(C)c1nnc(Sc2ccc3[nH]ncc3c2)nc1Nc1nnco1.CN(c1ccc2ncsc2c1)c1nncc(Nc2cncs2)n1.CNc1nc(Nc2scnc2C)nc(Sc2ccccc2)n1.N#Cc1ccc(Cc2nc(Nc3nnco3)nc(-c3cccnc3)n2)cc1. The van der Waals surface area contributed by atoms with Crippen LogP contribution in [0.3, 0.4) is 0 Å². The smallest absolute Gasteiger partial charge is 0.322 e. The Hall–Kier alpha value is -17.8. The number of aryl methyl sites for hydroxylation is 1. The van der Waals surface area contributed by atoms with Gasteiger partial charge in [0, 0.05) is 105 Å². The number of likely N-dealkylation sites (N-methyl/N-ethyl adjacent to an activating group) is 1. The van der Waals surface area contributed by atoms with Gasteiger partial charge in [-0.15, -0.1) is 74.8 Å². The highest BCUT2D eigenvalue weighted by Crippen LogP contribution is 2.35. The Kier molecular flexibility index (Phi) is 34.0. The Bertz CT molecular complexity index is 7540. The van der Waals surface area contributed by atoms with E-state index >= 15 is 0 Å². The summed E-state index contributed by atoms with van der Waals surface area (Å²) in [5, 5.41) is 89.0. The van der Waals surface area contributed by atoms with Crippen LogP contribution in [0.4, 0.5) is 109 Å². The van der Waals surface area contributed by atoms with Crippen molar-refractivity contribution in [3.05, 3.63) is 282 Å². The van der Waals surface area contributed by atoms with Crippen LogP contribution in [-0.4, -0.2) is 204 Å². The molecule has 0 amide bonds. The van der Waals surface area contributed by atoms with Crippen LogP contribution in [0, 0.1) is 18.3 Å². The quantitative estimate of drug-likeness (QED) is 0.0200. The molecule has 8 N–H and O–H groups in total. The maximum absolute atomic E-state index is 8.92. The van der Waals surface area contributed by atoms with Gasteiger partial charge < -0.3 is 54.1 Å². The molecule has 143 heavy (non-hydrogen) atoms. The molecule has 0 atom stereocenters. The topological polar surface area (TPSA) is 563 Å². The molecule has 0 aliphatic heterocycles. The zero-order chi connectivity index (χ0) is 98.9. The molecule has 0 unspecified atom stereocenters. The molecular weight excluding hydrogens is 1940 g/mol. The highest BCUT2D eigenvalue weighted by atomic mass is 32.2. The summed E-state index contributed by atoms with van der Waals surface area (Å²) in [6.45, 7) is 9.75. The molecule has 0 spiro atoms. The van der Waals surface area contributed by atoms with Gasteiger partial charge in [-0.1, -0.05) is 114 Å². The lowest BCUT2D eigenvalue weighted by molar-refractivity contribution is 0.570. The van der Waals surface area contributed by atoms with E-state index in [1.807, 2.05) is 184 Å². The Morgan fingerprint density at radius 2 is 1.24 bits per heavy atom. The summed E-state index contributed by atoms with van der Waals surface area (Å²) in [5.74, 6) is 8.19. The minimum atomic E-state index is 0.183. The molecule has 6 aromatic carbocycles. The van der Waals surface area contributed by atoms with Crippen LogP contribution in [0.25, 0.3) is 32.5 Å². The van der Waals surface area contributed by atoms with Crippen LogP contribution in [0.15, 0.2) is 282 Å². The molecular formula is C91H85N43O3S6. The zero-order valence-electron chi connectivity index (χ0n) is 77.4. The molecule has 0 fully saturated rings. The first-order chi connectivity index (χ1) is 70.0. The summed E-state index contributed by atoms with van der Waals surface area (Å²) in [6.07, 6.45) is 16.8. The largest absolute Gasteiger partial charge is 0.428 e. The second-order valence-corrected chi connectivity index (χ2v) is 35.5. The summed E-state index contributed by atoms with van der Waals surface area (Å²) in [5.41, 5.74) is 15.6. The van der Waals surface area contributed by atoms with Gasteiger partial charge in [0.1, 0.15) is 27.2 Å². The van der Waals surface area contributed by atoms with Gasteiger partial charge >= 0.3 is 12.0 Å². The number of aromatic nitrogens is 31. The Balaban J connectivity index is 0.000000123. The van der Waals surface area contributed by atoms with Crippen molar-refractivity contribution in [3.8, 4) is 17.5 Å². The number of hydrogen-bond donors (Lipinski definition) is 8. The van der Waals surface area contributed by atoms with Gasteiger partial charge in [-0.05, 0) is 140 Å². The molecule has 46 nitrogen and oxygen atoms in total. The van der Waals surface area contributed by atoms with Crippen LogP contribution in [0.1, 0.15) is 60.7 Å². The molecule has 0 saturated carbocycles. The highest BCUT2D eigenvalue weighted by Gasteiger charge is 2.21. The number of aromatic amines is 1. The van der Waals surface area contributed by atoms with E-state index in [0.29, 0.717) is 104 Å². The van der Waals surface area contributed by atoms with E-state index in [0.717, 1.165) is 94.4 Å². The molecule has 0 aliphatic rings. The number of thiazole rings is 3. The lowest BCUT2D eigenvalue weighted by atomic mass is 10.1. The first-order valence-electron chi connectivity index (χ1n) is 43.2. The third-order valence-electron chi connectivity index (χ3n) is 19.5. The standard InChI is InChI=1S/C18H12N8O.C16H18N6O.C15H17N7S.C14H13N9OS.C14H11N7S2.C14H14N6S2/c19-9-13-5-3-12(4-6-13)8-15-22-16(14-2-1-7-20-10-14)24-17(23-15)25-18-26-21-11-27-18;1-2-22(9-8-13-6-4-3-5-7-13)16-20-14(10-18-21-16)19-15-11-17-12-23-15;1-10(2)12-17-13(20-15-21-16-9-23-15)19-14(18-12)22(3)11-7-5-4-6-8-11;1-23(2)12-11(17-13-21-16-7-24-13)18-14(22-20-12)25-9-3-4-10-8(5-9)6-15-19-10;1-21(9-2-3-10-11(4-9)22-8-16-10)14-19-12(5-17-20-14)18-13-6-15-7-23-13;1-9-11(21-8-16-9)17-13-18-12(15-2)19-14(20-13)22-10-6-4-3-5-7-10/h1-7,10-11H,8H2,(H,22,23,24,25,26);3-7,10-12H,2,8-9H2,1H3,(H,19,20,21);4-10H,1-3H3,(H,17,18,19,20,21);3-7H,1-2H3,(H,15,19)(H,17,18,21,22);2-8H,1H3,(H,18,19,20);3-8H,1-2H3,(H2,15,17,18,19,20). The molecule has 0 radical (unpaired) electrons. The molecule has 15 heterocycles. The molecule has 0 aliphatic carbocycles. The fraction of sp³-hybridized carbons (Fsp3) is 0.154. The number of pyridine rings is 1. The number of rotatable bonds is 31. The fourth-order valence-corrected chi connectivity index (χ4v) is 16.3. The first-order valence-corrected chi connectivity index (χ1v) is 48.4. The second-order valence-electron chi connectivity index (χ2n) is 29.9. The van der Waals surface area contributed by atoms with Crippen molar-refractivity contribution in [2.75, 3.05) is 105 Å². The Morgan fingerprint density at radius 3 is 1.94 bits per heavy atom. The molecule has 15 aromatic heterocycles. The van der Waals surface area contributed by atoms with Crippen molar-refractivity contribution in [1.82, 2.24) is 156 Å². The number of nitriles is 1. The van der Waals surface area contributed by atoms with E-state index in [9.17, 15) is 0 Å². The molecule has 21 aromatic rings. The molecule has 718 valence electrons. The fourth-order valence-electron chi connectivity index (χ4n) is 12.4. The van der Waals surface area contributed by atoms with Gasteiger partial charge in [-0.2, -0.15) is 75.4 Å². The average Bonchev–Trinajstić information content (AvgIpc) is 0.836. The van der Waals surface area contributed by atoms with E-state index in [-0.39, 0.29) is 23.9 Å². The van der Waals surface area contributed by atoms with Crippen LogP contribution in [-0.2, 0) is 12.8 Å². The number of para-hydroxylation sites is 1. The van der Waals surface area contributed by atoms with Crippen molar-refractivity contribution in [2.24, 2.45) is 0 Å². The Labute approximate surface area is 839 Å². The van der Waals surface area contributed by atoms with Crippen LogP contribution in [0.5, 0.6) is 0 Å². The predicted octanol–water partition coefficient (Wildman–Crippen LogP) is 17.7. The van der Waals surface area contributed by atoms with Gasteiger partial charge in [0.25, 0.3) is 5.95 Å². The molecule has 52 heteroatoms. The third kappa shape index (κ3) is 28.5. The van der Waals surface area contributed by atoms with Gasteiger partial charge in [-0.25, -0.2) is 19.9 Å². The van der Waals surface area contributed by atoms with Crippen molar-refractivity contribution in [2.45, 2.75) is 66.6 Å². The maximum Gasteiger partial charge on any atom is 0.322 e. The predicted molar refractivity (Wildman–Crippen MR) is 549 cm³/mol. The lowest BCUT2D eigenvalue weighted by Gasteiger charge is -2.20. The van der Waals surface area contributed by atoms with E-state index in [2.05, 4.69) is 243 Å². The van der Waals surface area contributed by atoms with Crippen molar-refractivity contribution in [1.29, 1.82) is 5.26 Å². The summed E-state index contributed by atoms with van der Waals surface area (Å²) >= 11 is 8.92. The third-order valence-corrected chi connectivity index (χ3v) is 24.1. The number of oxazole rings is 1. The zero-order valence-corrected chi connectivity index (χ0v) is 82.3. The minimum absolute atomic E-state index is 0.183. The summed E-state index contributed by atoms with van der Waals surface area (Å²) in [4.78, 5) is 83.8. The number of H-pyrrole nitrogens is 1. The number of fused-ring (bicyclic) bond motifs is 2. The van der Waals surface area contributed by atoms with Crippen molar-refractivity contribution >= 4 is 199 Å². The second kappa shape index (κ2) is 49.5. The number of hydrogen-bond acceptors (Lipinski definition) is 51. The molecule has 0 saturated heterocycles. The first kappa shape index (κ1) is 98.2. The van der Waals surface area contributed by atoms with E-state index in [1.165, 1.54) is 82.3 Å². The van der Waals surface area contributed by atoms with E-state index in [1.54, 1.807) is 95.3 Å². The minimum Gasteiger partial charge on any atom is -0.428 e. The van der Waals surface area contributed by atoms with E-state index < -0.39 is 0 Å². The number of nitrogens with zero attached hydrogens (tertiary/aromatic N) is 35. The normalized spacial score (nSPS) is 10.6. The van der Waals surface area contributed by atoms with Gasteiger partial charge in [0.05, 0.1) is 80.6 Å². The highest BCUT2D eigenvalue weighted by molar-refractivity contribution is 7.99. The summed E-state index contributed by atoms with van der Waals surface area (Å²) in [6, 6.07) is 55.8. The van der Waals surface area contributed by atoms with Crippen LogP contribution < -0.4 is 56.8 Å². The number of benzene rings is 6. The number of anilines is 19. The van der Waals surface area contributed by atoms with Crippen molar-refractivity contribution in [3.63, 3.8) is 0 Å². The molecule has 21 rings (SSSR count). The maximum atomic E-state index is 8.92.